The van der Waals surface area contributed by atoms with Crippen molar-refractivity contribution in [2.24, 2.45) is 11.3 Å². The molecular weight excluding hydrogens is 413 g/mol. The van der Waals surface area contributed by atoms with Crippen molar-refractivity contribution in [2.75, 3.05) is 24.6 Å². The van der Waals surface area contributed by atoms with E-state index in [4.69, 9.17) is 0 Å². The molecule has 1 aliphatic carbocycles. The molecule has 2 aromatic heterocycles. The maximum Gasteiger partial charge on any atom is 0.224 e. The van der Waals surface area contributed by atoms with Crippen molar-refractivity contribution in [2.45, 2.75) is 31.4 Å². The Kier molecular flexibility index (Phi) is 5.30. The van der Waals surface area contributed by atoms with E-state index in [9.17, 15) is 19.4 Å². The Labute approximate surface area is 184 Å². The summed E-state index contributed by atoms with van der Waals surface area (Å²) >= 11 is 0. The van der Waals surface area contributed by atoms with Crippen molar-refractivity contribution in [3.05, 3.63) is 54.2 Å². The molecule has 1 saturated carbocycles. The molecular formula is C23H26FN5O3. The lowest BCUT2D eigenvalue weighted by Gasteiger charge is -2.39. The first-order chi connectivity index (χ1) is 15.5. The van der Waals surface area contributed by atoms with Crippen LogP contribution in [0.4, 0.5) is 10.2 Å². The largest absolute Gasteiger partial charge is 0.394 e. The Morgan fingerprint density at radius 3 is 2.78 bits per heavy atom. The van der Waals surface area contributed by atoms with Crippen LogP contribution in [0.1, 0.15) is 30.9 Å². The van der Waals surface area contributed by atoms with Crippen molar-refractivity contribution in [3.8, 4) is 0 Å². The highest BCUT2D eigenvalue weighted by Gasteiger charge is 2.55. The molecule has 1 saturated heterocycles. The van der Waals surface area contributed by atoms with Crippen LogP contribution in [-0.4, -0.2) is 56.8 Å². The number of hydrogen-bond acceptors (Lipinski definition) is 6. The minimum absolute atomic E-state index is 0.128. The molecule has 0 unspecified atom stereocenters. The summed E-state index contributed by atoms with van der Waals surface area (Å²) in [6.45, 7) is 0.997. The molecule has 1 amide bonds. The normalized spacial score (nSPS) is 21.5. The van der Waals surface area contributed by atoms with Gasteiger partial charge in [0.05, 0.1) is 18.0 Å². The summed E-state index contributed by atoms with van der Waals surface area (Å²) in [6.07, 6.45) is 4.84. The third-order valence-corrected chi connectivity index (χ3v) is 6.89. The third kappa shape index (κ3) is 3.71. The molecule has 32 heavy (non-hydrogen) atoms. The number of aromatic nitrogens is 3. The van der Waals surface area contributed by atoms with Gasteiger partial charge in [-0.05, 0) is 48.4 Å². The number of nitrogens with zero attached hydrogens (tertiary/aromatic N) is 3. The van der Waals surface area contributed by atoms with E-state index in [2.05, 4.69) is 25.2 Å². The predicted octanol–water partition coefficient (Wildman–Crippen LogP) is 1.91. The fourth-order valence-corrected chi connectivity index (χ4v) is 4.93. The zero-order valence-electron chi connectivity index (χ0n) is 17.5. The second-order valence-electron chi connectivity index (χ2n) is 8.86. The monoisotopic (exact) mass is 439 g/mol. The first-order valence-corrected chi connectivity index (χ1v) is 10.9. The molecule has 0 bridgehead atoms. The van der Waals surface area contributed by atoms with Crippen molar-refractivity contribution in [3.63, 3.8) is 0 Å². The number of nitrogens with one attached hydrogen (secondary N) is 2. The molecule has 0 radical (unpaired) electrons. The van der Waals surface area contributed by atoms with Gasteiger partial charge in [0.25, 0.3) is 0 Å². The Morgan fingerprint density at radius 2 is 2.06 bits per heavy atom. The molecule has 3 heterocycles. The van der Waals surface area contributed by atoms with Gasteiger partial charge in [-0.15, -0.1) is 0 Å². The van der Waals surface area contributed by atoms with Gasteiger partial charge in [0.2, 0.25) is 5.91 Å². The van der Waals surface area contributed by atoms with E-state index in [1.54, 1.807) is 6.33 Å². The number of aliphatic hydroxyl groups excluding tert-OH is 2. The minimum Gasteiger partial charge on any atom is -0.394 e. The van der Waals surface area contributed by atoms with E-state index in [0.29, 0.717) is 18.5 Å². The summed E-state index contributed by atoms with van der Waals surface area (Å²) in [5.41, 5.74) is 1.11. The average Bonchev–Trinajstić information content (AvgIpc) is 3.38. The van der Waals surface area contributed by atoms with Crippen LogP contribution in [-0.2, 0) is 4.79 Å². The summed E-state index contributed by atoms with van der Waals surface area (Å²) in [6, 6.07) is 6.52. The zero-order chi connectivity index (χ0) is 22.3. The zero-order valence-corrected chi connectivity index (χ0v) is 17.5. The van der Waals surface area contributed by atoms with E-state index >= 15 is 0 Å². The highest BCUT2D eigenvalue weighted by Crippen LogP contribution is 2.56. The van der Waals surface area contributed by atoms with Crippen LogP contribution < -0.4 is 10.2 Å². The predicted molar refractivity (Wildman–Crippen MR) is 116 cm³/mol. The van der Waals surface area contributed by atoms with Crippen LogP contribution >= 0.6 is 0 Å². The van der Waals surface area contributed by atoms with E-state index in [-0.39, 0.29) is 17.2 Å². The SMILES string of the molecule is O=C(N[C@H](CO)[C@H](O)c1ccc(F)cc1)[C@H]1CCN(c2ncnc3[nH]ccc23)CC12CC2. The van der Waals surface area contributed by atoms with E-state index in [0.717, 1.165) is 36.2 Å². The van der Waals surface area contributed by atoms with Gasteiger partial charge in [0, 0.05) is 25.2 Å². The molecule has 5 rings (SSSR count). The van der Waals surface area contributed by atoms with Crippen molar-refractivity contribution in [1.29, 1.82) is 0 Å². The van der Waals surface area contributed by atoms with E-state index in [1.165, 1.54) is 24.3 Å². The maximum atomic E-state index is 13.2. The highest BCUT2D eigenvalue weighted by atomic mass is 19.1. The molecule has 2 fully saturated rings. The van der Waals surface area contributed by atoms with Crippen molar-refractivity contribution >= 4 is 22.8 Å². The molecule has 9 heteroatoms. The number of aliphatic hydroxyl groups is 2. The van der Waals surface area contributed by atoms with Gasteiger partial charge in [-0.1, -0.05) is 12.1 Å². The number of carbonyl (C=O) groups is 1. The van der Waals surface area contributed by atoms with Gasteiger partial charge >= 0.3 is 0 Å². The first-order valence-electron chi connectivity index (χ1n) is 10.9. The smallest absolute Gasteiger partial charge is 0.224 e. The van der Waals surface area contributed by atoms with Crippen LogP contribution in [0.15, 0.2) is 42.9 Å². The molecule has 1 aromatic carbocycles. The first kappa shape index (κ1) is 20.8. The van der Waals surface area contributed by atoms with Gasteiger partial charge in [0.15, 0.2) is 0 Å². The van der Waals surface area contributed by atoms with E-state index < -0.39 is 24.6 Å². The topological polar surface area (TPSA) is 114 Å². The highest BCUT2D eigenvalue weighted by molar-refractivity contribution is 5.88. The second kappa shape index (κ2) is 8.14. The third-order valence-electron chi connectivity index (χ3n) is 6.89. The molecule has 8 nitrogen and oxygen atoms in total. The van der Waals surface area contributed by atoms with E-state index in [1.807, 2.05) is 12.3 Å². The molecule has 2 aliphatic rings. The number of benzene rings is 1. The van der Waals surface area contributed by atoms with Crippen LogP contribution in [0.5, 0.6) is 0 Å². The van der Waals surface area contributed by atoms with Gasteiger partial charge in [-0.2, -0.15) is 0 Å². The molecule has 1 spiro atoms. The number of H-pyrrole nitrogens is 1. The Balaban J connectivity index is 1.29. The molecule has 4 N–H and O–H groups in total. The number of anilines is 1. The standard InChI is InChI=1S/C23H26FN5O3/c24-15-3-1-14(2-4-15)19(31)18(11-30)28-22(32)17-6-10-29(12-23(17)7-8-23)21-16-5-9-25-20(16)26-13-27-21/h1-5,9,13,17-19,30-31H,6-8,10-12H2,(H,28,32)(H,25,26,27)/t17-,18-,19-/m1/s1. The Bertz CT molecular complexity index is 1110. The molecule has 3 atom stereocenters. The van der Waals surface area contributed by atoms with Crippen LogP contribution in [0.25, 0.3) is 11.0 Å². The summed E-state index contributed by atoms with van der Waals surface area (Å²) < 4.78 is 13.2. The van der Waals surface area contributed by atoms with Gasteiger partial charge in [-0.3, -0.25) is 4.79 Å². The van der Waals surface area contributed by atoms with Crippen LogP contribution in [0, 0.1) is 17.2 Å². The molecule has 3 aromatic rings. The fourth-order valence-electron chi connectivity index (χ4n) is 4.93. The van der Waals surface area contributed by atoms with Crippen molar-refractivity contribution in [1.82, 2.24) is 20.3 Å². The number of carbonyl (C=O) groups excluding carboxylic acids is 1. The number of amides is 1. The second-order valence-corrected chi connectivity index (χ2v) is 8.86. The van der Waals surface area contributed by atoms with Gasteiger partial charge in [-0.25, -0.2) is 14.4 Å². The number of aromatic amines is 1. The molecule has 168 valence electrons. The lowest BCUT2D eigenvalue weighted by Crippen LogP contribution is -2.51. The van der Waals surface area contributed by atoms with Crippen LogP contribution in [0.3, 0.4) is 0 Å². The number of piperidine rings is 1. The minimum atomic E-state index is -1.12. The number of halogens is 1. The molecule has 1 aliphatic heterocycles. The lowest BCUT2D eigenvalue weighted by atomic mass is 9.81. The average molecular weight is 439 g/mol. The Morgan fingerprint density at radius 1 is 1.28 bits per heavy atom. The summed E-state index contributed by atoms with van der Waals surface area (Å²) in [4.78, 5) is 27.3. The van der Waals surface area contributed by atoms with Gasteiger partial charge < -0.3 is 25.4 Å². The summed E-state index contributed by atoms with van der Waals surface area (Å²) in [7, 11) is 0. The van der Waals surface area contributed by atoms with Crippen LogP contribution in [0.2, 0.25) is 0 Å². The number of fused-ring (bicyclic) bond motifs is 1. The van der Waals surface area contributed by atoms with Gasteiger partial charge in [0.1, 0.15) is 29.7 Å². The Hall–Kier alpha value is -3.04. The van der Waals surface area contributed by atoms with Crippen molar-refractivity contribution < 1.29 is 19.4 Å². The number of hydrogen-bond donors (Lipinski definition) is 4. The maximum absolute atomic E-state index is 13.2. The summed E-state index contributed by atoms with van der Waals surface area (Å²) in [5, 5.41) is 24.2. The number of rotatable bonds is 6. The lowest BCUT2D eigenvalue weighted by molar-refractivity contribution is -0.130. The fraction of sp³-hybridized carbons (Fsp3) is 0.435. The summed E-state index contributed by atoms with van der Waals surface area (Å²) in [5.74, 6) is 0.114. The quantitative estimate of drug-likeness (QED) is 0.467.